The van der Waals surface area contributed by atoms with Crippen molar-refractivity contribution in [1.82, 2.24) is 15.0 Å². The number of pyridine rings is 1. The van der Waals surface area contributed by atoms with Gasteiger partial charge < -0.3 is 10.7 Å². The van der Waals surface area contributed by atoms with Crippen molar-refractivity contribution in [3.63, 3.8) is 0 Å². The number of rotatable bonds is 7. The molecule has 2 N–H and O–H groups in total. The molecule has 0 aliphatic heterocycles. The van der Waals surface area contributed by atoms with E-state index < -0.39 is 0 Å². The van der Waals surface area contributed by atoms with E-state index >= 15 is 0 Å². The van der Waals surface area contributed by atoms with E-state index in [1.165, 1.54) is 0 Å². The standard InChI is InChI=1S/C22H27N5S/c1-6-17(7-2)26-22-19(14(4)23)27-20(15(5)25-22)21-13(3)11-18(28-21)16-9-8-10-24-12-16/h8-12,17,23H,6-7H2,1-5H3,(H,25,26). The largest absolute Gasteiger partial charge is 0.366 e. The molecule has 0 spiro atoms. The fourth-order valence-electron chi connectivity index (χ4n) is 3.15. The van der Waals surface area contributed by atoms with Crippen LogP contribution in [-0.4, -0.2) is 26.7 Å². The lowest BCUT2D eigenvalue weighted by molar-refractivity contribution is 0.667. The topological polar surface area (TPSA) is 74.6 Å². The molecule has 0 fully saturated rings. The molecule has 0 amide bonds. The predicted molar refractivity (Wildman–Crippen MR) is 119 cm³/mol. The van der Waals surface area contributed by atoms with E-state index in [1.807, 2.05) is 19.2 Å². The van der Waals surface area contributed by atoms with Crippen molar-refractivity contribution < 1.29 is 0 Å². The molecule has 3 aromatic heterocycles. The number of nitrogens with one attached hydrogen (secondary N) is 2. The van der Waals surface area contributed by atoms with Crippen molar-refractivity contribution >= 4 is 22.9 Å². The monoisotopic (exact) mass is 393 g/mol. The predicted octanol–water partition coefficient (Wildman–Crippen LogP) is 5.87. The summed E-state index contributed by atoms with van der Waals surface area (Å²) in [5, 5.41) is 11.7. The molecule has 3 rings (SSSR count). The number of aromatic nitrogens is 3. The lowest BCUT2D eigenvalue weighted by Crippen LogP contribution is -2.21. The van der Waals surface area contributed by atoms with Gasteiger partial charge in [-0.25, -0.2) is 9.97 Å². The molecule has 0 saturated heterocycles. The molecule has 5 nitrogen and oxygen atoms in total. The van der Waals surface area contributed by atoms with Crippen LogP contribution in [0, 0.1) is 19.3 Å². The van der Waals surface area contributed by atoms with E-state index in [0.29, 0.717) is 23.3 Å². The van der Waals surface area contributed by atoms with Gasteiger partial charge in [-0.05, 0) is 51.3 Å². The first-order valence-electron chi connectivity index (χ1n) is 9.66. The molecule has 28 heavy (non-hydrogen) atoms. The lowest BCUT2D eigenvalue weighted by Gasteiger charge is -2.19. The van der Waals surface area contributed by atoms with Gasteiger partial charge in [-0.15, -0.1) is 11.3 Å². The zero-order valence-electron chi connectivity index (χ0n) is 17.1. The SMILES string of the molecule is CCC(CC)Nc1nc(C)c(-c2sc(-c3cccnc3)cc2C)nc1C(C)=N. The molecule has 6 heteroatoms. The zero-order chi connectivity index (χ0) is 20.3. The second-order valence-corrected chi connectivity index (χ2v) is 8.05. The summed E-state index contributed by atoms with van der Waals surface area (Å²) in [4.78, 5) is 16.2. The number of hydrogen-bond acceptors (Lipinski definition) is 6. The van der Waals surface area contributed by atoms with Crippen LogP contribution in [0.2, 0.25) is 0 Å². The highest BCUT2D eigenvalue weighted by molar-refractivity contribution is 7.19. The number of aryl methyl sites for hydroxylation is 2. The van der Waals surface area contributed by atoms with E-state index in [9.17, 15) is 0 Å². The van der Waals surface area contributed by atoms with Crippen molar-refractivity contribution in [1.29, 1.82) is 5.41 Å². The van der Waals surface area contributed by atoms with Crippen LogP contribution in [0.1, 0.15) is 50.6 Å². The fraction of sp³-hybridized carbons (Fsp3) is 0.364. The lowest BCUT2D eigenvalue weighted by atomic mass is 10.1. The van der Waals surface area contributed by atoms with Crippen LogP contribution in [0.4, 0.5) is 5.82 Å². The quantitative estimate of drug-likeness (QED) is 0.492. The highest BCUT2D eigenvalue weighted by Crippen LogP contribution is 2.38. The van der Waals surface area contributed by atoms with Gasteiger partial charge in [0.2, 0.25) is 0 Å². The van der Waals surface area contributed by atoms with Crippen molar-refractivity contribution in [3.05, 3.63) is 47.5 Å². The average molecular weight is 394 g/mol. The molecule has 0 aliphatic carbocycles. The third kappa shape index (κ3) is 4.12. The minimum absolute atomic E-state index is 0.332. The second kappa shape index (κ2) is 8.61. The minimum Gasteiger partial charge on any atom is -0.366 e. The Morgan fingerprint density at radius 1 is 1.21 bits per heavy atom. The van der Waals surface area contributed by atoms with E-state index in [0.717, 1.165) is 45.1 Å². The number of nitrogens with zero attached hydrogens (tertiary/aromatic N) is 3. The molecule has 0 unspecified atom stereocenters. The van der Waals surface area contributed by atoms with Gasteiger partial charge in [0.05, 0.1) is 16.3 Å². The summed E-state index contributed by atoms with van der Waals surface area (Å²) < 4.78 is 0. The maximum atomic E-state index is 8.21. The molecule has 0 atom stereocenters. The Balaban J connectivity index is 2.07. The minimum atomic E-state index is 0.332. The van der Waals surface area contributed by atoms with Gasteiger partial charge in [0.1, 0.15) is 11.4 Å². The van der Waals surface area contributed by atoms with Crippen LogP contribution in [0.25, 0.3) is 21.0 Å². The summed E-state index contributed by atoms with van der Waals surface area (Å²) in [6.07, 6.45) is 5.68. The van der Waals surface area contributed by atoms with Crippen LogP contribution in [0.15, 0.2) is 30.6 Å². The van der Waals surface area contributed by atoms with E-state index in [2.05, 4.69) is 43.2 Å². The number of anilines is 1. The van der Waals surface area contributed by atoms with Crippen LogP contribution >= 0.6 is 11.3 Å². The molecular formula is C22H27N5S. The molecule has 3 heterocycles. The summed E-state index contributed by atoms with van der Waals surface area (Å²) in [5.74, 6) is 0.712. The molecule has 0 bridgehead atoms. The van der Waals surface area contributed by atoms with Gasteiger partial charge in [-0.3, -0.25) is 4.98 Å². The smallest absolute Gasteiger partial charge is 0.154 e. The molecule has 146 valence electrons. The van der Waals surface area contributed by atoms with Gasteiger partial charge in [-0.2, -0.15) is 0 Å². The normalized spacial score (nSPS) is 11.1. The summed E-state index contributed by atoms with van der Waals surface area (Å²) in [5.41, 5.74) is 5.04. The highest BCUT2D eigenvalue weighted by atomic mass is 32.1. The molecule has 0 aromatic carbocycles. The Morgan fingerprint density at radius 3 is 2.57 bits per heavy atom. The van der Waals surface area contributed by atoms with Gasteiger partial charge >= 0.3 is 0 Å². The van der Waals surface area contributed by atoms with Crippen LogP contribution < -0.4 is 5.32 Å². The van der Waals surface area contributed by atoms with Gasteiger partial charge in [-0.1, -0.05) is 19.9 Å². The van der Waals surface area contributed by atoms with Crippen molar-refractivity contribution in [2.75, 3.05) is 5.32 Å². The fourth-order valence-corrected chi connectivity index (χ4v) is 4.35. The summed E-state index contributed by atoms with van der Waals surface area (Å²) >= 11 is 1.70. The van der Waals surface area contributed by atoms with Crippen molar-refractivity contribution in [3.8, 4) is 21.0 Å². The Labute approximate surface area is 170 Å². The Morgan fingerprint density at radius 2 is 1.96 bits per heavy atom. The van der Waals surface area contributed by atoms with E-state index in [-0.39, 0.29) is 0 Å². The van der Waals surface area contributed by atoms with E-state index in [1.54, 1.807) is 24.5 Å². The highest BCUT2D eigenvalue weighted by Gasteiger charge is 2.19. The first-order valence-corrected chi connectivity index (χ1v) is 10.5. The number of hydrogen-bond donors (Lipinski definition) is 2. The van der Waals surface area contributed by atoms with Crippen molar-refractivity contribution in [2.24, 2.45) is 0 Å². The Kier molecular flexibility index (Phi) is 6.19. The summed E-state index contributed by atoms with van der Waals surface area (Å²) in [6.45, 7) is 10.2. The second-order valence-electron chi connectivity index (χ2n) is 7.00. The molecule has 0 saturated carbocycles. The maximum Gasteiger partial charge on any atom is 0.154 e. The maximum absolute atomic E-state index is 8.21. The molecule has 0 aliphatic rings. The molecule has 3 aromatic rings. The van der Waals surface area contributed by atoms with Crippen LogP contribution in [0.3, 0.4) is 0 Å². The van der Waals surface area contributed by atoms with Gasteiger partial charge in [0, 0.05) is 28.9 Å². The summed E-state index contributed by atoms with van der Waals surface area (Å²) in [7, 11) is 0. The van der Waals surface area contributed by atoms with Crippen LogP contribution in [0.5, 0.6) is 0 Å². The first kappa shape index (κ1) is 20.1. The molecular weight excluding hydrogens is 366 g/mol. The Hall–Kier alpha value is -2.60. The third-order valence-corrected chi connectivity index (χ3v) is 6.12. The average Bonchev–Trinajstić information content (AvgIpc) is 3.08. The molecule has 0 radical (unpaired) electrons. The van der Waals surface area contributed by atoms with Crippen LogP contribution in [-0.2, 0) is 0 Å². The van der Waals surface area contributed by atoms with Gasteiger partial charge in [0.15, 0.2) is 5.82 Å². The van der Waals surface area contributed by atoms with E-state index in [4.69, 9.17) is 15.4 Å². The first-order chi connectivity index (χ1) is 13.4. The van der Waals surface area contributed by atoms with Crippen molar-refractivity contribution in [2.45, 2.75) is 53.5 Å². The summed E-state index contributed by atoms with van der Waals surface area (Å²) in [6, 6.07) is 6.52. The van der Waals surface area contributed by atoms with Gasteiger partial charge in [0.25, 0.3) is 0 Å². The Bertz CT molecular complexity index is 974. The third-order valence-electron chi connectivity index (χ3n) is 4.83. The number of thiophene rings is 1. The zero-order valence-corrected chi connectivity index (χ0v) is 17.9.